The van der Waals surface area contributed by atoms with Crippen LogP contribution in [0.15, 0.2) is 47.0 Å². The summed E-state index contributed by atoms with van der Waals surface area (Å²) >= 11 is 0. The van der Waals surface area contributed by atoms with E-state index in [0.29, 0.717) is 28.3 Å². The average molecular weight is 336 g/mol. The minimum atomic E-state index is -0.339. The number of aryl methyl sites for hydroxylation is 1. The molecule has 0 atom stereocenters. The SMILES string of the molecule is CC1(C)CCc2nc(-c3cc(-c4cccc(F)c4)on3)ccc2C1=O. The number of pyridine rings is 1. The monoisotopic (exact) mass is 336 g/mol. The van der Waals surface area contributed by atoms with Crippen molar-refractivity contribution >= 4 is 5.78 Å². The van der Waals surface area contributed by atoms with Crippen LogP contribution in [0.4, 0.5) is 4.39 Å². The number of rotatable bonds is 2. The Hall–Kier alpha value is -2.82. The Morgan fingerprint density at radius 1 is 1.12 bits per heavy atom. The highest BCUT2D eigenvalue weighted by atomic mass is 19.1. The minimum Gasteiger partial charge on any atom is -0.356 e. The summed E-state index contributed by atoms with van der Waals surface area (Å²) in [5.41, 5.74) is 2.99. The fourth-order valence-electron chi connectivity index (χ4n) is 3.12. The van der Waals surface area contributed by atoms with Gasteiger partial charge in [0, 0.05) is 22.6 Å². The Morgan fingerprint density at radius 3 is 2.76 bits per heavy atom. The Labute approximate surface area is 144 Å². The first-order valence-corrected chi connectivity index (χ1v) is 8.22. The summed E-state index contributed by atoms with van der Waals surface area (Å²) in [5, 5.41) is 4.04. The minimum absolute atomic E-state index is 0.133. The van der Waals surface area contributed by atoms with Crippen molar-refractivity contribution in [3.05, 3.63) is 59.5 Å². The third-order valence-corrected chi connectivity index (χ3v) is 4.70. The van der Waals surface area contributed by atoms with Gasteiger partial charge >= 0.3 is 0 Å². The summed E-state index contributed by atoms with van der Waals surface area (Å²) < 4.78 is 18.7. The summed E-state index contributed by atoms with van der Waals surface area (Å²) in [5.74, 6) is 0.281. The van der Waals surface area contributed by atoms with Gasteiger partial charge in [-0.1, -0.05) is 31.1 Å². The van der Waals surface area contributed by atoms with Gasteiger partial charge in [-0.15, -0.1) is 0 Å². The Balaban J connectivity index is 1.69. The molecule has 0 saturated heterocycles. The number of hydrogen-bond donors (Lipinski definition) is 0. The number of hydrogen-bond acceptors (Lipinski definition) is 4. The molecule has 1 aliphatic carbocycles. The highest BCUT2D eigenvalue weighted by Crippen LogP contribution is 2.35. The summed E-state index contributed by atoms with van der Waals surface area (Å²) in [6.45, 7) is 3.93. The lowest BCUT2D eigenvalue weighted by atomic mass is 9.75. The molecule has 1 aromatic carbocycles. The summed E-state index contributed by atoms with van der Waals surface area (Å²) in [4.78, 5) is 17.1. The zero-order valence-corrected chi connectivity index (χ0v) is 14.0. The van der Waals surface area contributed by atoms with Gasteiger partial charge in [-0.05, 0) is 37.1 Å². The molecule has 0 spiro atoms. The Kier molecular flexibility index (Phi) is 3.53. The van der Waals surface area contributed by atoms with Crippen LogP contribution in [0.1, 0.15) is 36.3 Å². The second-order valence-corrected chi connectivity index (χ2v) is 6.99. The zero-order chi connectivity index (χ0) is 17.6. The first-order chi connectivity index (χ1) is 11.9. The van der Waals surface area contributed by atoms with E-state index in [1.165, 1.54) is 12.1 Å². The number of fused-ring (bicyclic) bond motifs is 1. The molecule has 126 valence electrons. The molecule has 2 aromatic heterocycles. The van der Waals surface area contributed by atoms with Gasteiger partial charge in [-0.3, -0.25) is 9.78 Å². The molecule has 0 aliphatic heterocycles. The van der Waals surface area contributed by atoms with Crippen molar-refractivity contribution in [3.8, 4) is 22.7 Å². The smallest absolute Gasteiger partial charge is 0.170 e. The van der Waals surface area contributed by atoms with Gasteiger partial charge in [0.15, 0.2) is 11.5 Å². The van der Waals surface area contributed by atoms with Crippen LogP contribution in [0, 0.1) is 11.2 Å². The van der Waals surface area contributed by atoms with E-state index in [0.717, 1.165) is 18.5 Å². The Morgan fingerprint density at radius 2 is 1.96 bits per heavy atom. The van der Waals surface area contributed by atoms with Crippen LogP contribution in [0.25, 0.3) is 22.7 Å². The molecule has 4 rings (SSSR count). The normalized spacial score (nSPS) is 15.9. The molecular weight excluding hydrogens is 319 g/mol. The van der Waals surface area contributed by atoms with Crippen LogP contribution in [0.3, 0.4) is 0 Å². The lowest BCUT2D eigenvalue weighted by Crippen LogP contribution is -2.31. The molecule has 5 heteroatoms. The molecule has 0 N–H and O–H groups in total. The molecular formula is C20H17FN2O2. The maximum atomic E-state index is 13.4. The van der Waals surface area contributed by atoms with Crippen molar-refractivity contribution in [1.82, 2.24) is 10.1 Å². The van der Waals surface area contributed by atoms with Gasteiger partial charge in [0.1, 0.15) is 11.5 Å². The van der Waals surface area contributed by atoms with Crippen LogP contribution in [-0.4, -0.2) is 15.9 Å². The first-order valence-electron chi connectivity index (χ1n) is 8.22. The van der Waals surface area contributed by atoms with E-state index in [-0.39, 0.29) is 17.0 Å². The van der Waals surface area contributed by atoms with E-state index in [9.17, 15) is 9.18 Å². The second-order valence-electron chi connectivity index (χ2n) is 6.99. The molecule has 0 amide bonds. The summed E-state index contributed by atoms with van der Waals surface area (Å²) in [7, 11) is 0. The van der Waals surface area contributed by atoms with E-state index in [4.69, 9.17) is 4.52 Å². The van der Waals surface area contributed by atoms with Crippen LogP contribution in [0.5, 0.6) is 0 Å². The topological polar surface area (TPSA) is 56.0 Å². The predicted molar refractivity (Wildman–Crippen MR) is 91.6 cm³/mol. The van der Waals surface area contributed by atoms with Crippen molar-refractivity contribution in [2.75, 3.05) is 0 Å². The van der Waals surface area contributed by atoms with Crippen molar-refractivity contribution in [2.45, 2.75) is 26.7 Å². The van der Waals surface area contributed by atoms with Gasteiger partial charge in [-0.25, -0.2) is 4.39 Å². The van der Waals surface area contributed by atoms with Gasteiger partial charge < -0.3 is 4.52 Å². The van der Waals surface area contributed by atoms with Crippen molar-refractivity contribution in [2.24, 2.45) is 5.41 Å². The van der Waals surface area contributed by atoms with E-state index < -0.39 is 0 Å². The van der Waals surface area contributed by atoms with Crippen LogP contribution in [-0.2, 0) is 6.42 Å². The largest absolute Gasteiger partial charge is 0.356 e. The molecule has 1 aliphatic rings. The van der Waals surface area contributed by atoms with E-state index in [1.54, 1.807) is 24.3 Å². The zero-order valence-electron chi connectivity index (χ0n) is 14.0. The fourth-order valence-corrected chi connectivity index (χ4v) is 3.12. The van der Waals surface area contributed by atoms with E-state index in [1.807, 2.05) is 19.9 Å². The van der Waals surface area contributed by atoms with Gasteiger partial charge in [0.25, 0.3) is 0 Å². The molecule has 0 radical (unpaired) electrons. The average Bonchev–Trinajstić information content (AvgIpc) is 3.08. The lowest BCUT2D eigenvalue weighted by Gasteiger charge is -2.28. The van der Waals surface area contributed by atoms with Crippen LogP contribution >= 0.6 is 0 Å². The number of carbonyl (C=O) groups is 1. The highest BCUT2D eigenvalue weighted by Gasteiger charge is 2.35. The molecule has 2 heterocycles. The maximum absolute atomic E-state index is 13.4. The first kappa shape index (κ1) is 15.7. The Bertz CT molecular complexity index is 975. The van der Waals surface area contributed by atoms with E-state index >= 15 is 0 Å². The molecule has 3 aromatic rings. The summed E-state index contributed by atoms with van der Waals surface area (Å²) in [6, 6.07) is 11.5. The number of nitrogens with zero attached hydrogens (tertiary/aromatic N) is 2. The number of halogens is 1. The van der Waals surface area contributed by atoms with E-state index in [2.05, 4.69) is 10.1 Å². The van der Waals surface area contributed by atoms with Crippen molar-refractivity contribution in [1.29, 1.82) is 0 Å². The summed E-state index contributed by atoms with van der Waals surface area (Å²) in [6.07, 6.45) is 1.54. The fraction of sp³-hybridized carbons (Fsp3) is 0.250. The third-order valence-electron chi connectivity index (χ3n) is 4.70. The highest BCUT2D eigenvalue weighted by molar-refractivity contribution is 6.02. The molecule has 0 bridgehead atoms. The lowest BCUT2D eigenvalue weighted by molar-refractivity contribution is 0.0809. The number of benzene rings is 1. The second kappa shape index (κ2) is 5.62. The predicted octanol–water partition coefficient (Wildman–Crippen LogP) is 4.70. The number of Topliss-reactive ketones (excluding diaryl/α,β-unsaturated/α-hetero) is 1. The van der Waals surface area contributed by atoms with Crippen molar-refractivity contribution in [3.63, 3.8) is 0 Å². The number of carbonyl (C=O) groups excluding carboxylic acids is 1. The van der Waals surface area contributed by atoms with Crippen LogP contribution in [0.2, 0.25) is 0 Å². The standard InChI is InChI=1S/C20H17FN2O2/c1-20(2)9-8-15-14(19(20)24)6-7-16(22-15)17-11-18(25-23-17)12-4-3-5-13(21)10-12/h3-7,10-11H,8-9H2,1-2H3. The molecule has 0 saturated carbocycles. The molecule has 25 heavy (non-hydrogen) atoms. The number of aromatic nitrogens is 2. The number of ketones is 1. The maximum Gasteiger partial charge on any atom is 0.170 e. The van der Waals surface area contributed by atoms with Gasteiger partial charge in [-0.2, -0.15) is 0 Å². The quantitative estimate of drug-likeness (QED) is 0.681. The molecule has 0 fully saturated rings. The third kappa shape index (κ3) is 2.76. The van der Waals surface area contributed by atoms with Crippen LogP contribution < -0.4 is 0 Å². The van der Waals surface area contributed by atoms with Gasteiger partial charge in [0.05, 0.1) is 11.4 Å². The van der Waals surface area contributed by atoms with Crippen molar-refractivity contribution < 1.29 is 13.7 Å². The molecule has 0 unspecified atom stereocenters. The van der Waals surface area contributed by atoms with Gasteiger partial charge in [0.2, 0.25) is 0 Å². The molecule has 4 nitrogen and oxygen atoms in total.